The summed E-state index contributed by atoms with van der Waals surface area (Å²) in [7, 11) is 0. The number of fused-ring (bicyclic) bond motifs is 1. The largest absolute Gasteiger partial charge is 0.490 e. The Balaban J connectivity index is 1.83. The standard InChI is InChI=1S/C17H19NO2S2/c1-10(2)9-18-16(19)15(22-17(18)21)8-12-4-5-14-13(7-12)6-11(3)20-14/h4-5,7-8,10-11H,6,9H2,1-3H3. The Labute approximate surface area is 140 Å². The Morgan fingerprint density at radius 1 is 1.50 bits per heavy atom. The van der Waals surface area contributed by atoms with Gasteiger partial charge in [0.2, 0.25) is 0 Å². The first-order chi connectivity index (χ1) is 10.4. The highest BCUT2D eigenvalue weighted by molar-refractivity contribution is 8.26. The van der Waals surface area contributed by atoms with Crippen molar-refractivity contribution in [2.75, 3.05) is 6.54 Å². The molecular weight excluding hydrogens is 314 g/mol. The van der Waals surface area contributed by atoms with Gasteiger partial charge in [-0.15, -0.1) is 0 Å². The molecule has 0 spiro atoms. The third-order valence-corrected chi connectivity index (χ3v) is 5.02. The summed E-state index contributed by atoms with van der Waals surface area (Å²) in [6.45, 7) is 6.92. The molecule has 1 atom stereocenters. The summed E-state index contributed by atoms with van der Waals surface area (Å²) in [6.07, 6.45) is 3.09. The van der Waals surface area contributed by atoms with Crippen molar-refractivity contribution in [2.24, 2.45) is 5.92 Å². The van der Waals surface area contributed by atoms with Crippen molar-refractivity contribution in [3.63, 3.8) is 0 Å². The third kappa shape index (κ3) is 3.06. The molecule has 0 radical (unpaired) electrons. The summed E-state index contributed by atoms with van der Waals surface area (Å²) < 4.78 is 6.36. The molecule has 3 nitrogen and oxygen atoms in total. The van der Waals surface area contributed by atoms with Gasteiger partial charge in [0.25, 0.3) is 5.91 Å². The van der Waals surface area contributed by atoms with Gasteiger partial charge >= 0.3 is 0 Å². The molecule has 116 valence electrons. The van der Waals surface area contributed by atoms with Crippen LogP contribution in [0.2, 0.25) is 0 Å². The molecule has 1 aromatic rings. The predicted molar refractivity (Wildman–Crippen MR) is 95.0 cm³/mol. The zero-order valence-electron chi connectivity index (χ0n) is 13.0. The van der Waals surface area contributed by atoms with Gasteiger partial charge in [-0.2, -0.15) is 0 Å². The minimum Gasteiger partial charge on any atom is -0.490 e. The molecule has 5 heteroatoms. The number of rotatable bonds is 3. The summed E-state index contributed by atoms with van der Waals surface area (Å²) in [5.41, 5.74) is 2.24. The summed E-state index contributed by atoms with van der Waals surface area (Å²) in [5, 5.41) is 0. The Morgan fingerprint density at radius 3 is 3.00 bits per heavy atom. The number of carbonyl (C=O) groups is 1. The SMILES string of the molecule is CC(C)CN1C(=O)C(=Cc2ccc3c(c2)CC(C)O3)SC1=S. The van der Waals surface area contributed by atoms with Crippen molar-refractivity contribution in [1.82, 2.24) is 4.90 Å². The van der Waals surface area contributed by atoms with Crippen LogP contribution in [0.25, 0.3) is 6.08 Å². The minimum absolute atomic E-state index is 0.0221. The van der Waals surface area contributed by atoms with Gasteiger partial charge in [-0.25, -0.2) is 0 Å². The van der Waals surface area contributed by atoms with Crippen LogP contribution >= 0.6 is 24.0 Å². The fourth-order valence-electron chi connectivity index (χ4n) is 2.71. The van der Waals surface area contributed by atoms with Gasteiger partial charge in [0, 0.05) is 13.0 Å². The molecule has 0 saturated carbocycles. The maximum absolute atomic E-state index is 12.5. The van der Waals surface area contributed by atoms with E-state index in [0.717, 1.165) is 17.7 Å². The van der Waals surface area contributed by atoms with Crippen LogP contribution in [-0.4, -0.2) is 27.8 Å². The summed E-state index contributed by atoms with van der Waals surface area (Å²) >= 11 is 6.72. The highest BCUT2D eigenvalue weighted by Crippen LogP contribution is 2.35. The van der Waals surface area contributed by atoms with E-state index in [0.29, 0.717) is 21.7 Å². The van der Waals surface area contributed by atoms with E-state index in [1.165, 1.54) is 17.3 Å². The normalized spacial score (nSPS) is 22.6. The number of carbonyl (C=O) groups excluding carboxylic acids is 1. The third-order valence-electron chi connectivity index (χ3n) is 3.64. The van der Waals surface area contributed by atoms with Crippen LogP contribution in [0.3, 0.4) is 0 Å². The van der Waals surface area contributed by atoms with Gasteiger partial charge in [0.05, 0.1) is 4.91 Å². The number of nitrogens with zero attached hydrogens (tertiary/aromatic N) is 1. The van der Waals surface area contributed by atoms with Crippen molar-refractivity contribution in [3.05, 3.63) is 34.2 Å². The Kier molecular flexibility index (Phi) is 4.28. The second-order valence-electron chi connectivity index (χ2n) is 6.19. The zero-order valence-corrected chi connectivity index (χ0v) is 14.6. The Morgan fingerprint density at radius 2 is 2.27 bits per heavy atom. The molecule has 1 amide bonds. The van der Waals surface area contributed by atoms with Crippen LogP contribution in [0.4, 0.5) is 0 Å². The quantitative estimate of drug-likeness (QED) is 0.620. The summed E-state index contributed by atoms with van der Waals surface area (Å²) in [5.74, 6) is 1.38. The molecule has 0 aliphatic carbocycles. The van der Waals surface area contributed by atoms with Gasteiger partial charge < -0.3 is 4.74 Å². The molecule has 2 aliphatic rings. The van der Waals surface area contributed by atoms with Gasteiger partial charge in [-0.05, 0) is 42.2 Å². The van der Waals surface area contributed by atoms with Crippen molar-refractivity contribution >= 4 is 40.3 Å². The lowest BCUT2D eigenvalue weighted by molar-refractivity contribution is -0.122. The highest BCUT2D eigenvalue weighted by Gasteiger charge is 2.32. The highest BCUT2D eigenvalue weighted by atomic mass is 32.2. The Hall–Kier alpha value is -1.33. The van der Waals surface area contributed by atoms with E-state index in [2.05, 4.69) is 26.8 Å². The first-order valence-electron chi connectivity index (χ1n) is 7.49. The first kappa shape index (κ1) is 15.6. The van der Waals surface area contributed by atoms with E-state index in [-0.39, 0.29) is 12.0 Å². The van der Waals surface area contributed by atoms with E-state index in [1.807, 2.05) is 18.2 Å². The van der Waals surface area contributed by atoms with Crippen LogP contribution in [0, 0.1) is 5.92 Å². The van der Waals surface area contributed by atoms with Crippen LogP contribution in [-0.2, 0) is 11.2 Å². The zero-order chi connectivity index (χ0) is 15.9. The van der Waals surface area contributed by atoms with E-state index in [9.17, 15) is 4.79 Å². The maximum Gasteiger partial charge on any atom is 0.266 e. The number of thioether (sulfide) groups is 1. The lowest BCUT2D eigenvalue weighted by Gasteiger charge is -2.16. The number of hydrogen-bond donors (Lipinski definition) is 0. The van der Waals surface area contributed by atoms with E-state index >= 15 is 0 Å². The van der Waals surface area contributed by atoms with E-state index < -0.39 is 0 Å². The molecule has 1 fully saturated rings. The molecule has 22 heavy (non-hydrogen) atoms. The fourth-order valence-corrected chi connectivity index (χ4v) is 3.98. The second kappa shape index (κ2) is 6.05. The minimum atomic E-state index is 0.0221. The molecule has 2 aliphatic heterocycles. The molecule has 2 heterocycles. The average molecular weight is 333 g/mol. The second-order valence-corrected chi connectivity index (χ2v) is 7.86. The lowest BCUT2D eigenvalue weighted by Crippen LogP contribution is -2.31. The van der Waals surface area contributed by atoms with Gasteiger partial charge in [0.1, 0.15) is 16.2 Å². The molecular formula is C17H19NO2S2. The molecule has 0 bridgehead atoms. The van der Waals surface area contributed by atoms with Gasteiger partial charge in [-0.1, -0.05) is 43.9 Å². The molecule has 1 unspecified atom stereocenters. The molecule has 3 rings (SSSR count). The summed E-state index contributed by atoms with van der Waals surface area (Å²) in [6, 6.07) is 6.08. The maximum atomic E-state index is 12.5. The van der Waals surface area contributed by atoms with Crippen LogP contribution in [0.15, 0.2) is 23.1 Å². The van der Waals surface area contributed by atoms with Crippen molar-refractivity contribution in [1.29, 1.82) is 0 Å². The monoisotopic (exact) mass is 333 g/mol. The molecule has 0 aromatic heterocycles. The predicted octanol–water partition coefficient (Wildman–Crippen LogP) is 3.87. The van der Waals surface area contributed by atoms with Crippen LogP contribution < -0.4 is 4.74 Å². The van der Waals surface area contributed by atoms with E-state index in [1.54, 1.807) is 4.90 Å². The summed E-state index contributed by atoms with van der Waals surface area (Å²) in [4.78, 5) is 14.9. The Bertz CT molecular complexity index is 667. The first-order valence-corrected chi connectivity index (χ1v) is 8.71. The average Bonchev–Trinajstić information content (AvgIpc) is 2.92. The van der Waals surface area contributed by atoms with E-state index in [4.69, 9.17) is 17.0 Å². The fraction of sp³-hybridized carbons (Fsp3) is 0.412. The topological polar surface area (TPSA) is 29.5 Å². The van der Waals surface area contributed by atoms with Crippen LogP contribution in [0.1, 0.15) is 31.9 Å². The number of thiocarbonyl (C=S) groups is 1. The number of benzene rings is 1. The van der Waals surface area contributed by atoms with Gasteiger partial charge in [-0.3, -0.25) is 9.69 Å². The molecule has 0 N–H and O–H groups in total. The van der Waals surface area contributed by atoms with Crippen LogP contribution in [0.5, 0.6) is 5.75 Å². The van der Waals surface area contributed by atoms with Crippen molar-refractivity contribution < 1.29 is 9.53 Å². The lowest BCUT2D eigenvalue weighted by atomic mass is 10.1. The molecule has 1 aromatic carbocycles. The number of amides is 1. The smallest absolute Gasteiger partial charge is 0.266 e. The van der Waals surface area contributed by atoms with Crippen molar-refractivity contribution in [2.45, 2.75) is 33.3 Å². The number of ether oxygens (including phenoxy) is 1. The van der Waals surface area contributed by atoms with Crippen molar-refractivity contribution in [3.8, 4) is 5.75 Å². The molecule has 1 saturated heterocycles. The number of hydrogen-bond acceptors (Lipinski definition) is 4. The van der Waals surface area contributed by atoms with Gasteiger partial charge in [0.15, 0.2) is 0 Å².